The van der Waals surface area contributed by atoms with Gasteiger partial charge in [-0.3, -0.25) is 9.69 Å². The normalized spacial score (nSPS) is 17.7. The Kier molecular flexibility index (Phi) is 3.39. The van der Waals surface area contributed by atoms with Gasteiger partial charge in [0.25, 0.3) is 0 Å². The molecule has 0 saturated carbocycles. The van der Waals surface area contributed by atoms with Gasteiger partial charge in [0.15, 0.2) is 5.78 Å². The van der Waals surface area contributed by atoms with Gasteiger partial charge in [0, 0.05) is 0 Å². The third kappa shape index (κ3) is 2.82. The summed E-state index contributed by atoms with van der Waals surface area (Å²) < 4.78 is 5.07. The number of Topliss-reactive ketones (excluding diaryl/α,β-unsaturated/α-hetero) is 1. The molecule has 1 heterocycles. The molecule has 2 rings (SSSR count). The molecule has 0 radical (unpaired) electrons. The van der Waals surface area contributed by atoms with Crippen molar-refractivity contribution in [2.24, 2.45) is 5.73 Å². The number of hydrogen-bond acceptors (Lipinski definition) is 4. The molecule has 1 unspecified atom stereocenters. The van der Waals surface area contributed by atoms with E-state index in [0.29, 0.717) is 6.54 Å². The van der Waals surface area contributed by atoms with Gasteiger partial charge >= 0.3 is 6.09 Å². The number of ketones is 1. The Bertz CT molecular complexity index is 419. The first kappa shape index (κ1) is 11.6. The van der Waals surface area contributed by atoms with Gasteiger partial charge in [-0.1, -0.05) is 30.3 Å². The monoisotopic (exact) mass is 234 g/mol. The van der Waals surface area contributed by atoms with Gasteiger partial charge in [0.05, 0.1) is 13.1 Å². The van der Waals surface area contributed by atoms with Crippen LogP contribution in [-0.2, 0) is 16.1 Å². The average molecular weight is 234 g/mol. The maximum absolute atomic E-state index is 11.5. The Labute approximate surface area is 99.2 Å². The Balaban J connectivity index is 1.78. The minimum absolute atomic E-state index is 0.0346. The summed E-state index contributed by atoms with van der Waals surface area (Å²) in [5.74, 6) is -0.123. The minimum atomic E-state index is -0.458. The van der Waals surface area contributed by atoms with Crippen LogP contribution in [0.1, 0.15) is 5.56 Å². The van der Waals surface area contributed by atoms with Gasteiger partial charge in [-0.05, 0) is 5.56 Å². The third-order valence-electron chi connectivity index (χ3n) is 2.62. The second kappa shape index (κ2) is 4.97. The van der Waals surface area contributed by atoms with Crippen LogP contribution in [0.25, 0.3) is 0 Å². The molecule has 5 heteroatoms. The summed E-state index contributed by atoms with van der Waals surface area (Å²) in [4.78, 5) is 24.1. The van der Waals surface area contributed by atoms with Crippen LogP contribution in [0.2, 0.25) is 0 Å². The van der Waals surface area contributed by atoms with E-state index in [1.807, 2.05) is 30.3 Å². The average Bonchev–Trinajstić information content (AvgIpc) is 3.16. The SMILES string of the molecule is NCC(=O)C1CN1C(=O)OCc1ccccc1. The molecule has 90 valence electrons. The molecule has 0 aliphatic carbocycles. The molecule has 1 aliphatic rings. The molecule has 1 saturated heterocycles. The van der Waals surface area contributed by atoms with Crippen molar-refractivity contribution in [3.05, 3.63) is 35.9 Å². The fourth-order valence-corrected chi connectivity index (χ4v) is 1.55. The molecule has 0 aromatic heterocycles. The number of rotatable bonds is 4. The van der Waals surface area contributed by atoms with E-state index in [4.69, 9.17) is 10.5 Å². The molecule has 2 N–H and O–H groups in total. The lowest BCUT2D eigenvalue weighted by molar-refractivity contribution is -0.117. The standard InChI is InChI=1S/C12H14N2O3/c13-6-11(15)10-7-14(10)12(16)17-8-9-4-2-1-3-5-9/h1-5,10H,6-8,13H2. The van der Waals surface area contributed by atoms with Crippen molar-refractivity contribution < 1.29 is 14.3 Å². The van der Waals surface area contributed by atoms with E-state index in [0.717, 1.165) is 5.56 Å². The summed E-state index contributed by atoms with van der Waals surface area (Å²) in [7, 11) is 0. The number of hydrogen-bond donors (Lipinski definition) is 1. The number of ether oxygens (including phenoxy) is 1. The zero-order chi connectivity index (χ0) is 12.3. The quantitative estimate of drug-likeness (QED) is 0.771. The topological polar surface area (TPSA) is 72.4 Å². The summed E-state index contributed by atoms with van der Waals surface area (Å²) in [5, 5.41) is 0. The Morgan fingerprint density at radius 1 is 1.35 bits per heavy atom. The van der Waals surface area contributed by atoms with Gasteiger partial charge in [0.1, 0.15) is 12.6 Å². The lowest BCUT2D eigenvalue weighted by Crippen LogP contribution is -2.25. The van der Waals surface area contributed by atoms with Gasteiger partial charge in [0.2, 0.25) is 0 Å². The van der Waals surface area contributed by atoms with Crippen LogP contribution in [0.3, 0.4) is 0 Å². The summed E-state index contributed by atoms with van der Waals surface area (Å²) >= 11 is 0. The predicted octanol–water partition coefficient (Wildman–Crippen LogP) is 0.535. The number of benzene rings is 1. The first-order valence-corrected chi connectivity index (χ1v) is 5.42. The molecule has 1 fully saturated rings. The Hall–Kier alpha value is -1.88. The van der Waals surface area contributed by atoms with Gasteiger partial charge in [-0.2, -0.15) is 0 Å². The largest absolute Gasteiger partial charge is 0.445 e. The lowest BCUT2D eigenvalue weighted by Gasteiger charge is -2.05. The number of carbonyl (C=O) groups is 2. The second-order valence-corrected chi connectivity index (χ2v) is 3.88. The highest BCUT2D eigenvalue weighted by molar-refractivity contribution is 5.93. The second-order valence-electron chi connectivity index (χ2n) is 3.88. The van der Waals surface area contributed by atoms with Crippen LogP contribution in [0.4, 0.5) is 4.79 Å². The van der Waals surface area contributed by atoms with Crippen molar-refractivity contribution in [1.29, 1.82) is 0 Å². The van der Waals surface area contributed by atoms with E-state index in [2.05, 4.69) is 0 Å². The van der Waals surface area contributed by atoms with Gasteiger partial charge in [-0.15, -0.1) is 0 Å². The first-order chi connectivity index (χ1) is 8.22. The summed E-state index contributed by atoms with van der Waals surface area (Å²) in [6.07, 6.45) is -0.458. The molecule has 5 nitrogen and oxygen atoms in total. The zero-order valence-electron chi connectivity index (χ0n) is 9.33. The fraction of sp³-hybridized carbons (Fsp3) is 0.333. The number of carbonyl (C=O) groups excluding carboxylic acids is 2. The van der Waals surface area contributed by atoms with E-state index in [1.165, 1.54) is 4.90 Å². The summed E-state index contributed by atoms with van der Waals surface area (Å²) in [6.45, 7) is 0.608. The van der Waals surface area contributed by atoms with E-state index in [9.17, 15) is 9.59 Å². The number of nitrogens with two attached hydrogens (primary N) is 1. The highest BCUT2D eigenvalue weighted by atomic mass is 16.6. The van der Waals surface area contributed by atoms with Crippen LogP contribution in [0, 0.1) is 0 Å². The van der Waals surface area contributed by atoms with Gasteiger partial charge in [-0.25, -0.2) is 4.79 Å². The van der Waals surface area contributed by atoms with Crippen LogP contribution < -0.4 is 5.73 Å². The van der Waals surface area contributed by atoms with E-state index < -0.39 is 6.09 Å². The molecule has 1 amide bonds. The van der Waals surface area contributed by atoms with Crippen molar-refractivity contribution in [3.8, 4) is 0 Å². The van der Waals surface area contributed by atoms with Crippen molar-refractivity contribution in [1.82, 2.24) is 4.90 Å². The van der Waals surface area contributed by atoms with Crippen molar-refractivity contribution >= 4 is 11.9 Å². The van der Waals surface area contributed by atoms with E-state index >= 15 is 0 Å². The highest BCUT2D eigenvalue weighted by Gasteiger charge is 2.44. The molecular weight excluding hydrogens is 220 g/mol. The van der Waals surface area contributed by atoms with Crippen LogP contribution >= 0.6 is 0 Å². The molecule has 1 aliphatic heterocycles. The molecule has 1 atom stereocenters. The number of nitrogens with zero attached hydrogens (tertiary/aromatic N) is 1. The maximum Gasteiger partial charge on any atom is 0.410 e. The van der Waals surface area contributed by atoms with Crippen LogP contribution in [0.15, 0.2) is 30.3 Å². The smallest absolute Gasteiger partial charge is 0.410 e. The van der Waals surface area contributed by atoms with Gasteiger partial charge < -0.3 is 10.5 Å². The minimum Gasteiger partial charge on any atom is -0.445 e. The molecule has 0 bridgehead atoms. The Morgan fingerprint density at radius 3 is 2.71 bits per heavy atom. The van der Waals surface area contributed by atoms with Crippen LogP contribution in [0.5, 0.6) is 0 Å². The molecule has 1 aromatic rings. The molecule has 1 aromatic carbocycles. The number of amides is 1. The molecule has 0 spiro atoms. The zero-order valence-corrected chi connectivity index (χ0v) is 9.33. The summed E-state index contributed by atoms with van der Waals surface area (Å²) in [6, 6.07) is 9.02. The van der Waals surface area contributed by atoms with Crippen molar-refractivity contribution in [3.63, 3.8) is 0 Å². The predicted molar refractivity (Wildman–Crippen MR) is 61.2 cm³/mol. The Morgan fingerprint density at radius 2 is 2.06 bits per heavy atom. The van der Waals surface area contributed by atoms with E-state index in [-0.39, 0.29) is 25.0 Å². The maximum atomic E-state index is 11.5. The van der Waals surface area contributed by atoms with Crippen molar-refractivity contribution in [2.45, 2.75) is 12.6 Å². The van der Waals surface area contributed by atoms with Crippen molar-refractivity contribution in [2.75, 3.05) is 13.1 Å². The highest BCUT2D eigenvalue weighted by Crippen LogP contribution is 2.19. The molecular formula is C12H14N2O3. The fourth-order valence-electron chi connectivity index (χ4n) is 1.55. The molecule has 17 heavy (non-hydrogen) atoms. The summed E-state index contributed by atoms with van der Waals surface area (Å²) in [5.41, 5.74) is 6.13. The third-order valence-corrected chi connectivity index (χ3v) is 2.62. The first-order valence-electron chi connectivity index (χ1n) is 5.42. The lowest BCUT2D eigenvalue weighted by atomic mass is 10.2. The van der Waals surface area contributed by atoms with E-state index in [1.54, 1.807) is 0 Å². The van der Waals surface area contributed by atoms with Crippen LogP contribution in [-0.4, -0.2) is 35.9 Å².